The average Bonchev–Trinajstić information content (AvgIpc) is 2.95. The van der Waals surface area contributed by atoms with E-state index in [9.17, 15) is 4.39 Å². The normalized spacial score (nSPS) is 10.6. The van der Waals surface area contributed by atoms with E-state index in [1.165, 1.54) is 12.1 Å². The van der Waals surface area contributed by atoms with Crippen molar-refractivity contribution in [2.45, 2.75) is 39.3 Å². The number of benzene rings is 1. The predicted octanol–water partition coefficient (Wildman–Crippen LogP) is 3.83. The first-order chi connectivity index (χ1) is 10.2. The molecule has 1 aromatic heterocycles. The minimum absolute atomic E-state index is 0.0723. The predicted molar refractivity (Wildman–Crippen MR) is 77.3 cm³/mol. The Labute approximate surface area is 123 Å². The van der Waals surface area contributed by atoms with Crippen molar-refractivity contribution in [1.29, 1.82) is 5.26 Å². The second kappa shape index (κ2) is 6.89. The van der Waals surface area contributed by atoms with E-state index >= 15 is 0 Å². The summed E-state index contributed by atoms with van der Waals surface area (Å²) in [7, 11) is 0. The number of hydrogen-bond acceptors (Lipinski definition) is 3. The first-order valence-electron chi connectivity index (χ1n) is 7.05. The van der Waals surface area contributed by atoms with Crippen LogP contribution in [0.4, 0.5) is 4.39 Å². The third-order valence-electron chi connectivity index (χ3n) is 3.44. The van der Waals surface area contributed by atoms with Crippen LogP contribution in [0.2, 0.25) is 0 Å². The number of aromatic nitrogens is 2. The molecule has 0 amide bonds. The fourth-order valence-corrected chi connectivity index (χ4v) is 2.21. The molecular formula is C16H18FN3O. The summed E-state index contributed by atoms with van der Waals surface area (Å²) in [6.07, 6.45) is 3.95. The van der Waals surface area contributed by atoms with Gasteiger partial charge in [0.1, 0.15) is 29.8 Å². The highest BCUT2D eigenvalue weighted by atomic mass is 19.1. The summed E-state index contributed by atoms with van der Waals surface area (Å²) in [5.74, 6) is -0.327. The Morgan fingerprint density at radius 1 is 1.33 bits per heavy atom. The minimum atomic E-state index is -0.572. The molecule has 4 nitrogen and oxygen atoms in total. The van der Waals surface area contributed by atoms with Crippen molar-refractivity contribution in [2.75, 3.05) is 0 Å². The Balaban J connectivity index is 2.08. The number of nitriles is 1. The van der Waals surface area contributed by atoms with Crippen LogP contribution >= 0.6 is 0 Å². The molecule has 0 unspecified atom stereocenters. The van der Waals surface area contributed by atoms with Gasteiger partial charge in [-0.1, -0.05) is 19.9 Å². The number of rotatable bonds is 6. The van der Waals surface area contributed by atoms with E-state index in [-0.39, 0.29) is 17.9 Å². The van der Waals surface area contributed by atoms with Gasteiger partial charge in [0.2, 0.25) is 0 Å². The first kappa shape index (κ1) is 15.0. The topological polar surface area (TPSA) is 50.8 Å². The van der Waals surface area contributed by atoms with Crippen molar-refractivity contribution < 1.29 is 9.13 Å². The van der Waals surface area contributed by atoms with Crippen LogP contribution in [-0.2, 0) is 6.61 Å². The zero-order valence-electron chi connectivity index (χ0n) is 12.2. The molecular weight excluding hydrogens is 269 g/mol. The van der Waals surface area contributed by atoms with E-state index in [0.717, 1.165) is 18.5 Å². The molecule has 110 valence electrons. The first-order valence-corrected chi connectivity index (χ1v) is 7.05. The fraction of sp³-hybridized carbons (Fsp3) is 0.375. The van der Waals surface area contributed by atoms with E-state index in [1.54, 1.807) is 6.07 Å². The Morgan fingerprint density at radius 3 is 2.76 bits per heavy atom. The van der Waals surface area contributed by atoms with Gasteiger partial charge in [0.15, 0.2) is 0 Å². The lowest BCUT2D eigenvalue weighted by Gasteiger charge is -2.12. The molecule has 2 rings (SSSR count). The number of hydrogen-bond donors (Lipinski definition) is 0. The highest BCUT2D eigenvalue weighted by Crippen LogP contribution is 2.21. The standard InChI is InChI=1S/C16H18FN3O/c1-3-13(4-2)20-9-8-12(19-20)11-21-16-7-5-6-15(17)14(16)10-18/h5-9,13H,3-4,11H2,1-2H3. The monoisotopic (exact) mass is 287 g/mol. The fourth-order valence-electron chi connectivity index (χ4n) is 2.21. The maximum atomic E-state index is 13.5. The number of nitrogens with zero attached hydrogens (tertiary/aromatic N) is 3. The van der Waals surface area contributed by atoms with E-state index in [4.69, 9.17) is 10.00 Å². The van der Waals surface area contributed by atoms with Gasteiger partial charge in [-0.3, -0.25) is 4.68 Å². The van der Waals surface area contributed by atoms with Crippen LogP contribution in [-0.4, -0.2) is 9.78 Å². The van der Waals surface area contributed by atoms with Crippen LogP contribution in [0.1, 0.15) is 44.0 Å². The maximum absolute atomic E-state index is 13.5. The van der Waals surface area contributed by atoms with Crippen molar-refractivity contribution in [1.82, 2.24) is 9.78 Å². The maximum Gasteiger partial charge on any atom is 0.144 e. The van der Waals surface area contributed by atoms with Gasteiger partial charge in [0.25, 0.3) is 0 Å². The van der Waals surface area contributed by atoms with Crippen LogP contribution < -0.4 is 4.74 Å². The Morgan fingerprint density at radius 2 is 2.10 bits per heavy atom. The Kier molecular flexibility index (Phi) is 4.94. The van der Waals surface area contributed by atoms with Crippen LogP contribution in [0.25, 0.3) is 0 Å². The zero-order valence-corrected chi connectivity index (χ0v) is 12.2. The minimum Gasteiger partial charge on any atom is -0.486 e. The lowest BCUT2D eigenvalue weighted by Crippen LogP contribution is -2.08. The molecule has 0 atom stereocenters. The van der Waals surface area contributed by atoms with Gasteiger partial charge < -0.3 is 4.74 Å². The summed E-state index contributed by atoms with van der Waals surface area (Å²) in [6, 6.07) is 8.42. The van der Waals surface area contributed by atoms with Crippen molar-refractivity contribution in [3.63, 3.8) is 0 Å². The molecule has 0 fully saturated rings. The van der Waals surface area contributed by atoms with Gasteiger partial charge in [-0.05, 0) is 31.0 Å². The quantitative estimate of drug-likeness (QED) is 0.811. The summed E-state index contributed by atoms with van der Waals surface area (Å²) in [4.78, 5) is 0. The van der Waals surface area contributed by atoms with Crippen molar-refractivity contribution in [3.8, 4) is 11.8 Å². The van der Waals surface area contributed by atoms with Crippen LogP contribution in [0.5, 0.6) is 5.75 Å². The molecule has 0 aliphatic heterocycles. The van der Waals surface area contributed by atoms with Gasteiger partial charge in [0.05, 0.1) is 11.7 Å². The van der Waals surface area contributed by atoms with E-state index < -0.39 is 5.82 Å². The second-order valence-corrected chi connectivity index (χ2v) is 4.77. The van der Waals surface area contributed by atoms with Crippen LogP contribution in [0.15, 0.2) is 30.5 Å². The summed E-state index contributed by atoms with van der Waals surface area (Å²) in [5.41, 5.74) is 0.687. The molecule has 0 saturated carbocycles. The number of ether oxygens (including phenoxy) is 1. The SMILES string of the molecule is CCC(CC)n1ccc(COc2cccc(F)c2C#N)n1. The molecule has 21 heavy (non-hydrogen) atoms. The molecule has 0 N–H and O–H groups in total. The van der Waals surface area contributed by atoms with E-state index in [0.29, 0.717) is 6.04 Å². The molecule has 0 bridgehead atoms. The Bertz CT molecular complexity index is 641. The summed E-state index contributed by atoms with van der Waals surface area (Å²) in [6.45, 7) is 4.46. The largest absolute Gasteiger partial charge is 0.486 e. The highest BCUT2D eigenvalue weighted by molar-refractivity contribution is 5.43. The van der Waals surface area contributed by atoms with Crippen molar-refractivity contribution in [3.05, 3.63) is 47.5 Å². The van der Waals surface area contributed by atoms with Crippen LogP contribution in [0.3, 0.4) is 0 Å². The van der Waals surface area contributed by atoms with E-state index in [2.05, 4.69) is 18.9 Å². The van der Waals surface area contributed by atoms with Crippen LogP contribution in [0, 0.1) is 17.1 Å². The molecule has 5 heteroatoms. The molecule has 1 heterocycles. The van der Waals surface area contributed by atoms with Gasteiger partial charge in [-0.15, -0.1) is 0 Å². The molecule has 1 aromatic carbocycles. The van der Waals surface area contributed by atoms with Gasteiger partial charge >= 0.3 is 0 Å². The Hall–Kier alpha value is -2.35. The summed E-state index contributed by atoms with van der Waals surface area (Å²) in [5, 5.41) is 13.4. The molecule has 0 aliphatic rings. The van der Waals surface area contributed by atoms with E-state index in [1.807, 2.05) is 23.0 Å². The van der Waals surface area contributed by atoms with Gasteiger partial charge in [0, 0.05) is 6.20 Å². The van der Waals surface area contributed by atoms with Gasteiger partial charge in [-0.2, -0.15) is 10.4 Å². The lowest BCUT2D eigenvalue weighted by atomic mass is 10.2. The lowest BCUT2D eigenvalue weighted by molar-refractivity contribution is 0.294. The summed E-state index contributed by atoms with van der Waals surface area (Å²) >= 11 is 0. The zero-order chi connectivity index (χ0) is 15.2. The molecule has 0 spiro atoms. The highest BCUT2D eigenvalue weighted by Gasteiger charge is 2.11. The van der Waals surface area contributed by atoms with Crippen molar-refractivity contribution >= 4 is 0 Å². The average molecular weight is 287 g/mol. The van der Waals surface area contributed by atoms with Gasteiger partial charge in [-0.25, -0.2) is 4.39 Å². The molecule has 2 aromatic rings. The molecule has 0 aliphatic carbocycles. The summed E-state index contributed by atoms with van der Waals surface area (Å²) < 4.78 is 20.9. The second-order valence-electron chi connectivity index (χ2n) is 4.77. The third-order valence-corrected chi connectivity index (χ3v) is 3.44. The number of halogens is 1. The molecule has 0 radical (unpaired) electrons. The smallest absolute Gasteiger partial charge is 0.144 e. The van der Waals surface area contributed by atoms with Crippen molar-refractivity contribution in [2.24, 2.45) is 0 Å². The third kappa shape index (κ3) is 3.40. The molecule has 0 saturated heterocycles.